The highest BCUT2D eigenvalue weighted by molar-refractivity contribution is 8.00. The largest absolute Gasteiger partial charge is 0.289 e. The second kappa shape index (κ2) is 15.9. The lowest BCUT2D eigenvalue weighted by Crippen LogP contribution is -2.27. The summed E-state index contributed by atoms with van der Waals surface area (Å²) in [4.78, 5) is 31.0. The molecule has 47 heavy (non-hydrogen) atoms. The highest BCUT2D eigenvalue weighted by Crippen LogP contribution is 2.47. The van der Waals surface area contributed by atoms with Gasteiger partial charge < -0.3 is 0 Å². The number of ketones is 2. The van der Waals surface area contributed by atoms with E-state index in [9.17, 15) is 9.59 Å². The minimum absolute atomic E-state index is 0.00439. The Morgan fingerprint density at radius 1 is 0.553 bits per heavy atom. The number of benzene rings is 3. The molecule has 250 valence electrons. The first kappa shape index (κ1) is 34.6. The number of hydrogen-bond donors (Lipinski definition) is 0. The molecule has 2 unspecified atom stereocenters. The summed E-state index contributed by atoms with van der Waals surface area (Å²) in [5.74, 6) is 4.73. The van der Waals surface area contributed by atoms with Gasteiger partial charge in [-0.3, -0.25) is 9.59 Å². The first-order chi connectivity index (χ1) is 22.9. The Bertz CT molecular complexity index is 1530. The number of carbonyl (C=O) groups excluding carboxylic acids is 2. The van der Waals surface area contributed by atoms with Crippen LogP contribution in [0.3, 0.4) is 0 Å². The molecular formula is C43H54O2S2. The van der Waals surface area contributed by atoms with Crippen LogP contribution < -0.4 is 0 Å². The molecule has 0 heterocycles. The average molecular weight is 667 g/mol. The fraction of sp³-hybridized carbons (Fsp3) is 0.535. The summed E-state index contributed by atoms with van der Waals surface area (Å²) in [6.45, 7) is 8.51. The van der Waals surface area contributed by atoms with Crippen LogP contribution in [0.4, 0.5) is 0 Å². The molecule has 0 radical (unpaired) electrons. The molecule has 0 amide bonds. The monoisotopic (exact) mass is 666 g/mol. The van der Waals surface area contributed by atoms with Crippen molar-refractivity contribution in [3.8, 4) is 0 Å². The summed E-state index contributed by atoms with van der Waals surface area (Å²) in [5, 5.41) is 0.509. The first-order valence-corrected chi connectivity index (χ1v) is 20.4. The van der Waals surface area contributed by atoms with Crippen molar-refractivity contribution in [2.24, 2.45) is 29.6 Å². The van der Waals surface area contributed by atoms with E-state index in [2.05, 4.69) is 44.2 Å². The molecule has 3 saturated carbocycles. The van der Waals surface area contributed by atoms with Gasteiger partial charge >= 0.3 is 0 Å². The topological polar surface area (TPSA) is 34.1 Å². The Morgan fingerprint density at radius 3 is 1.64 bits per heavy atom. The molecule has 4 heteroatoms. The minimum Gasteiger partial charge on any atom is -0.289 e. The maximum absolute atomic E-state index is 14.1. The normalized spacial score (nSPS) is 27.6. The zero-order chi connectivity index (χ0) is 32.9. The maximum atomic E-state index is 14.1. The average Bonchev–Trinajstić information content (AvgIpc) is 3.35. The number of thioether (sulfide) groups is 1. The van der Waals surface area contributed by atoms with Crippen molar-refractivity contribution in [2.45, 2.75) is 131 Å². The van der Waals surface area contributed by atoms with E-state index < -0.39 is 0 Å². The van der Waals surface area contributed by atoms with Gasteiger partial charge in [0.2, 0.25) is 0 Å². The van der Waals surface area contributed by atoms with E-state index >= 15 is 0 Å². The number of rotatable bonds is 6. The van der Waals surface area contributed by atoms with E-state index in [0.717, 1.165) is 44.3 Å². The first-order valence-electron chi connectivity index (χ1n) is 18.7. The quantitative estimate of drug-likeness (QED) is 0.192. The summed E-state index contributed by atoms with van der Waals surface area (Å²) < 4.78 is 0. The second-order valence-corrected chi connectivity index (χ2v) is 17.1. The Morgan fingerprint density at radius 2 is 1.04 bits per heavy atom. The summed E-state index contributed by atoms with van der Waals surface area (Å²) >= 11 is 3.44. The third kappa shape index (κ3) is 7.80. The fourth-order valence-electron chi connectivity index (χ4n) is 9.01. The number of fused-ring (bicyclic) bond motifs is 2. The van der Waals surface area contributed by atoms with E-state index in [4.69, 9.17) is 0 Å². The van der Waals surface area contributed by atoms with Gasteiger partial charge in [-0.1, -0.05) is 100 Å². The van der Waals surface area contributed by atoms with Crippen molar-refractivity contribution in [3.63, 3.8) is 0 Å². The van der Waals surface area contributed by atoms with Crippen LogP contribution >= 0.6 is 23.5 Å². The van der Waals surface area contributed by atoms with Gasteiger partial charge in [0.1, 0.15) is 0 Å². The second-order valence-electron chi connectivity index (χ2n) is 14.6. The van der Waals surface area contributed by atoms with E-state index in [1.165, 1.54) is 89.0 Å². The van der Waals surface area contributed by atoms with Gasteiger partial charge in [0.05, 0.1) is 0 Å². The summed E-state index contributed by atoms with van der Waals surface area (Å²) in [7, 11) is 0. The van der Waals surface area contributed by atoms with Crippen LogP contribution in [0.25, 0.3) is 0 Å². The number of carbonyl (C=O) groups is 2. The highest BCUT2D eigenvalue weighted by atomic mass is 32.2. The van der Waals surface area contributed by atoms with Crippen LogP contribution in [0.5, 0.6) is 0 Å². The predicted octanol–water partition coefficient (Wildman–Crippen LogP) is 12.6. The molecule has 0 spiro atoms. The molecule has 0 aromatic heterocycles. The smallest absolute Gasteiger partial charge is 0.195 e. The Balaban J connectivity index is 0.00000190. The van der Waals surface area contributed by atoms with Gasteiger partial charge in [-0.25, -0.2) is 0 Å². The Kier molecular flexibility index (Phi) is 11.7. The van der Waals surface area contributed by atoms with Crippen molar-refractivity contribution in [1.82, 2.24) is 0 Å². The molecule has 0 bridgehead atoms. The molecule has 3 aromatic carbocycles. The number of aryl methyl sites for hydroxylation is 1. The molecule has 2 nitrogen and oxygen atoms in total. The van der Waals surface area contributed by atoms with Crippen LogP contribution in [-0.4, -0.2) is 16.8 Å². The zero-order valence-corrected chi connectivity index (χ0v) is 30.7. The molecule has 3 fully saturated rings. The molecule has 4 aliphatic carbocycles. The zero-order valence-electron chi connectivity index (χ0n) is 29.1. The van der Waals surface area contributed by atoms with Crippen LogP contribution in [0.15, 0.2) is 75.4 Å². The molecule has 7 rings (SSSR count). The predicted molar refractivity (Wildman–Crippen MR) is 199 cm³/mol. The van der Waals surface area contributed by atoms with E-state index in [1.54, 1.807) is 11.8 Å². The standard InChI is InChI=1S/C41H48O2S2.C2H6/c1-26-12-16-29(17-13-26)31-20-18-30(19-21-31)28-6-3-7-32(25-22-28)44-36-10-4-8-34-38(36)40(42)35-9-5-11-37(39(35)41(34)43)45-33-23-14-27(2)15-24-33;1-2/h4-5,8-11,14-15,23-24,26,28-32H,3,6-7,12-13,16-22,25H2,1-2H3;1-2H3. The Hall–Kier alpha value is -2.30. The lowest BCUT2D eigenvalue weighted by molar-refractivity contribution is 0.0974. The lowest BCUT2D eigenvalue weighted by atomic mass is 9.67. The molecule has 2 atom stereocenters. The molecule has 4 aliphatic rings. The van der Waals surface area contributed by atoms with Crippen molar-refractivity contribution in [2.75, 3.05) is 0 Å². The molecule has 3 aromatic rings. The molecule has 0 saturated heterocycles. The summed E-state index contributed by atoms with van der Waals surface area (Å²) in [6, 6.07) is 20.0. The van der Waals surface area contributed by atoms with Gasteiger partial charge in [-0.2, -0.15) is 0 Å². The highest BCUT2D eigenvalue weighted by Gasteiger charge is 2.36. The van der Waals surface area contributed by atoms with Crippen molar-refractivity contribution in [3.05, 3.63) is 88.5 Å². The van der Waals surface area contributed by atoms with Gasteiger partial charge in [-0.05, 0) is 119 Å². The van der Waals surface area contributed by atoms with Crippen molar-refractivity contribution < 1.29 is 9.59 Å². The molecule has 0 aliphatic heterocycles. The SMILES string of the molecule is CC.Cc1ccc(Sc2cccc3c2C(=O)c2cccc(SC4CCCC(C5CCC(C6CCC(C)CC6)CC5)CC4)c2C3=O)cc1. The Labute approximate surface area is 292 Å². The van der Waals surface area contributed by atoms with Crippen LogP contribution in [0, 0.1) is 36.5 Å². The minimum atomic E-state index is -0.0171. The van der Waals surface area contributed by atoms with E-state index in [1.807, 2.05) is 55.9 Å². The van der Waals surface area contributed by atoms with Crippen LogP contribution in [0.1, 0.15) is 142 Å². The van der Waals surface area contributed by atoms with Crippen molar-refractivity contribution >= 4 is 35.1 Å². The summed E-state index contributed by atoms with van der Waals surface area (Å²) in [6.07, 6.45) is 18.1. The van der Waals surface area contributed by atoms with Gasteiger partial charge in [0.25, 0.3) is 0 Å². The van der Waals surface area contributed by atoms with Gasteiger partial charge in [0.15, 0.2) is 11.6 Å². The third-order valence-corrected chi connectivity index (χ3v) is 14.2. The van der Waals surface area contributed by atoms with Crippen LogP contribution in [-0.2, 0) is 0 Å². The molecule has 0 N–H and O–H groups in total. The van der Waals surface area contributed by atoms with E-state index in [0.29, 0.717) is 27.5 Å². The van der Waals surface area contributed by atoms with Gasteiger partial charge in [0, 0.05) is 42.2 Å². The van der Waals surface area contributed by atoms with Crippen molar-refractivity contribution in [1.29, 1.82) is 0 Å². The van der Waals surface area contributed by atoms with E-state index in [-0.39, 0.29) is 11.6 Å². The van der Waals surface area contributed by atoms with Gasteiger partial charge in [-0.15, -0.1) is 11.8 Å². The molecular weight excluding hydrogens is 613 g/mol. The lowest BCUT2D eigenvalue weighted by Gasteiger charge is -2.39. The van der Waals surface area contributed by atoms with Crippen LogP contribution in [0.2, 0.25) is 0 Å². The summed E-state index contributed by atoms with van der Waals surface area (Å²) in [5.41, 5.74) is 3.53. The maximum Gasteiger partial charge on any atom is 0.195 e. The fourth-order valence-corrected chi connectivity index (χ4v) is 11.4. The number of hydrogen-bond acceptors (Lipinski definition) is 4. The third-order valence-electron chi connectivity index (χ3n) is 11.7.